The van der Waals surface area contributed by atoms with Gasteiger partial charge in [-0.25, -0.2) is 0 Å². The number of nitrogens with zero attached hydrogens (tertiary/aromatic N) is 1. The first-order valence-electron chi connectivity index (χ1n) is 14.2. The topological polar surface area (TPSA) is 77.8 Å². The van der Waals surface area contributed by atoms with Gasteiger partial charge in [-0.2, -0.15) is 0 Å². The zero-order valence-electron chi connectivity index (χ0n) is 22.5. The average molecular weight is 644 g/mol. The van der Waals surface area contributed by atoms with E-state index >= 15 is 0 Å². The lowest BCUT2D eigenvalue weighted by Crippen LogP contribution is -2.40. The zero-order valence-corrected chi connectivity index (χ0v) is 25.6. The molecule has 0 bridgehead atoms. The number of carbonyl (C=O) groups excluding carboxylic acids is 2. The Balaban J connectivity index is 1.54. The Bertz CT molecular complexity index is 865. The van der Waals surface area contributed by atoms with Crippen LogP contribution in [0.2, 0.25) is 0 Å². The Labute approximate surface area is 240 Å². The van der Waals surface area contributed by atoms with Gasteiger partial charge in [-0.05, 0) is 81.7 Å². The van der Waals surface area contributed by atoms with Gasteiger partial charge >= 0.3 is 0 Å². The van der Waals surface area contributed by atoms with Gasteiger partial charge in [-0.1, -0.05) is 83.3 Å². The number of unbranched alkanes of at least 4 members (excludes halogenated alkanes) is 13. The Kier molecular flexibility index (Phi) is 15.1. The highest BCUT2D eigenvalue weighted by atomic mass is 79.9. The molecule has 0 aromatic heterocycles. The normalized spacial score (nSPS) is 17.8. The van der Waals surface area contributed by atoms with E-state index in [4.69, 9.17) is 0 Å². The second-order valence-corrected chi connectivity index (χ2v) is 11.9. The van der Waals surface area contributed by atoms with Crippen molar-refractivity contribution in [2.24, 2.45) is 0 Å². The van der Waals surface area contributed by atoms with E-state index < -0.39 is 11.5 Å². The van der Waals surface area contributed by atoms with Crippen molar-refractivity contribution in [1.82, 2.24) is 4.90 Å². The average Bonchev–Trinajstić information content (AvgIpc) is 3.19. The van der Waals surface area contributed by atoms with Gasteiger partial charge in [0.15, 0.2) is 5.60 Å². The summed E-state index contributed by atoms with van der Waals surface area (Å²) in [7, 11) is 0. The minimum atomic E-state index is -1.79. The highest BCUT2D eigenvalue weighted by molar-refractivity contribution is 9.13. The summed E-state index contributed by atoms with van der Waals surface area (Å²) in [5.74, 6) is -0.917. The molecule has 5 nitrogen and oxygen atoms in total. The van der Waals surface area contributed by atoms with E-state index in [1.165, 1.54) is 75.2 Å². The molecule has 1 fully saturated rings. The standard InChI is InChI=1S/C30H45Br2NO4/c1-2-3-4-5-6-7-8-9-10-11-12-13-14-15-16-17-18-19-27(35)33-21-20-30(37,29(33)36)24-22-25(31)28(32)26(34)23-24/h12-13,22-23,34,37H,2-11,14-21H2,1H3/b13-12-. The van der Waals surface area contributed by atoms with E-state index in [1.54, 1.807) is 6.07 Å². The number of aromatic hydroxyl groups is 1. The number of phenols is 1. The van der Waals surface area contributed by atoms with Crippen molar-refractivity contribution >= 4 is 43.7 Å². The molecule has 1 heterocycles. The van der Waals surface area contributed by atoms with Crippen LogP contribution in [0.4, 0.5) is 0 Å². The van der Waals surface area contributed by atoms with Crippen LogP contribution in [0.25, 0.3) is 0 Å². The molecule has 7 heteroatoms. The third-order valence-corrected chi connectivity index (χ3v) is 9.23. The maximum atomic E-state index is 12.9. The van der Waals surface area contributed by atoms with Gasteiger partial charge < -0.3 is 10.2 Å². The van der Waals surface area contributed by atoms with Crippen LogP contribution in [0.3, 0.4) is 0 Å². The summed E-state index contributed by atoms with van der Waals surface area (Å²) in [4.78, 5) is 26.7. The van der Waals surface area contributed by atoms with Crippen LogP contribution in [0, 0.1) is 0 Å². The fraction of sp³-hybridized carbons (Fsp3) is 0.667. The number of hydrogen-bond donors (Lipinski definition) is 2. The van der Waals surface area contributed by atoms with Crippen molar-refractivity contribution in [3.63, 3.8) is 0 Å². The number of halogens is 2. The summed E-state index contributed by atoms with van der Waals surface area (Å²) in [5.41, 5.74) is -1.51. The van der Waals surface area contributed by atoms with Gasteiger partial charge in [0.25, 0.3) is 5.91 Å². The van der Waals surface area contributed by atoms with Crippen molar-refractivity contribution in [1.29, 1.82) is 0 Å². The summed E-state index contributed by atoms with van der Waals surface area (Å²) < 4.78 is 0.986. The Morgan fingerprint density at radius 2 is 1.46 bits per heavy atom. The van der Waals surface area contributed by atoms with Crippen LogP contribution in [-0.4, -0.2) is 33.5 Å². The Hall–Kier alpha value is -1.18. The molecule has 2 rings (SSSR count). The van der Waals surface area contributed by atoms with Gasteiger partial charge in [0.1, 0.15) is 5.75 Å². The smallest absolute Gasteiger partial charge is 0.265 e. The van der Waals surface area contributed by atoms with Crippen molar-refractivity contribution in [2.75, 3.05) is 6.54 Å². The SMILES string of the molecule is CCCCCCCCCCC/C=C\CCCCCCC(=O)N1CCC(O)(c2cc(O)c(Br)c(Br)c2)C1=O. The molecular formula is C30H45Br2NO4. The first kappa shape index (κ1) is 32.0. The number of benzene rings is 1. The van der Waals surface area contributed by atoms with Gasteiger partial charge in [-0.15, -0.1) is 0 Å². The summed E-state index contributed by atoms with van der Waals surface area (Å²) in [6.07, 6.45) is 23.5. The molecule has 1 unspecified atom stereocenters. The molecule has 0 aliphatic carbocycles. The number of rotatable bonds is 18. The van der Waals surface area contributed by atoms with E-state index in [2.05, 4.69) is 50.9 Å². The van der Waals surface area contributed by atoms with Crippen molar-refractivity contribution in [3.05, 3.63) is 38.8 Å². The van der Waals surface area contributed by atoms with E-state index in [9.17, 15) is 19.8 Å². The highest BCUT2D eigenvalue weighted by Crippen LogP contribution is 2.40. The molecule has 0 saturated carbocycles. The maximum absolute atomic E-state index is 12.9. The molecule has 0 radical (unpaired) electrons. The molecule has 2 N–H and O–H groups in total. The van der Waals surface area contributed by atoms with Crippen molar-refractivity contribution < 1.29 is 19.8 Å². The van der Waals surface area contributed by atoms with Crippen LogP contribution >= 0.6 is 31.9 Å². The third kappa shape index (κ3) is 10.5. The fourth-order valence-electron chi connectivity index (χ4n) is 4.86. The minimum Gasteiger partial charge on any atom is -0.507 e. The van der Waals surface area contributed by atoms with E-state index in [-0.39, 0.29) is 30.2 Å². The number of allylic oxidation sites excluding steroid dienone is 2. The lowest BCUT2D eigenvalue weighted by atomic mass is 9.92. The first-order chi connectivity index (χ1) is 17.8. The second kappa shape index (κ2) is 17.4. The van der Waals surface area contributed by atoms with Crippen LogP contribution in [0.5, 0.6) is 5.75 Å². The van der Waals surface area contributed by atoms with Crippen LogP contribution < -0.4 is 0 Å². The minimum absolute atomic E-state index is 0.0753. The first-order valence-corrected chi connectivity index (χ1v) is 15.8. The number of likely N-dealkylation sites (tertiary alicyclic amines) is 1. The van der Waals surface area contributed by atoms with Crippen LogP contribution in [0.1, 0.15) is 122 Å². The van der Waals surface area contributed by atoms with Crippen LogP contribution in [0.15, 0.2) is 33.2 Å². The van der Waals surface area contributed by atoms with E-state index in [0.717, 1.165) is 32.1 Å². The molecule has 37 heavy (non-hydrogen) atoms. The molecule has 1 aromatic rings. The van der Waals surface area contributed by atoms with Crippen molar-refractivity contribution in [2.45, 2.75) is 122 Å². The van der Waals surface area contributed by atoms with Gasteiger partial charge in [0, 0.05) is 23.9 Å². The second-order valence-electron chi connectivity index (χ2n) is 10.3. The third-order valence-electron chi connectivity index (χ3n) is 7.24. The summed E-state index contributed by atoms with van der Waals surface area (Å²) >= 11 is 6.55. The fourth-order valence-corrected chi connectivity index (χ4v) is 5.54. The predicted molar refractivity (Wildman–Crippen MR) is 157 cm³/mol. The van der Waals surface area contributed by atoms with Gasteiger partial charge in [-0.3, -0.25) is 14.5 Å². The summed E-state index contributed by atoms with van der Waals surface area (Å²) in [5, 5.41) is 21.1. The lowest BCUT2D eigenvalue weighted by molar-refractivity contribution is -0.151. The molecule has 1 saturated heterocycles. The number of phenolic OH excluding ortho intramolecular Hbond substituents is 1. The summed E-state index contributed by atoms with van der Waals surface area (Å²) in [6, 6.07) is 2.96. The molecular weight excluding hydrogens is 598 g/mol. The number of carbonyl (C=O) groups is 2. The molecule has 1 aliphatic rings. The Morgan fingerprint density at radius 1 is 0.919 bits per heavy atom. The maximum Gasteiger partial charge on any atom is 0.265 e. The molecule has 208 valence electrons. The van der Waals surface area contributed by atoms with E-state index in [0.29, 0.717) is 15.4 Å². The molecule has 0 spiro atoms. The number of amides is 2. The van der Waals surface area contributed by atoms with Crippen LogP contribution in [-0.2, 0) is 15.2 Å². The van der Waals surface area contributed by atoms with Gasteiger partial charge in [0.05, 0.1) is 4.47 Å². The molecule has 2 amide bonds. The van der Waals surface area contributed by atoms with E-state index in [1.807, 2.05) is 0 Å². The summed E-state index contributed by atoms with van der Waals surface area (Å²) in [6.45, 7) is 2.45. The lowest BCUT2D eigenvalue weighted by Gasteiger charge is -2.23. The monoisotopic (exact) mass is 641 g/mol. The number of hydrogen-bond acceptors (Lipinski definition) is 4. The van der Waals surface area contributed by atoms with Gasteiger partial charge in [0.2, 0.25) is 5.91 Å². The highest BCUT2D eigenvalue weighted by Gasteiger charge is 2.48. The molecule has 1 atom stereocenters. The predicted octanol–water partition coefficient (Wildman–Crippen LogP) is 8.68. The molecule has 1 aliphatic heterocycles. The zero-order chi connectivity index (χ0) is 27.1. The van der Waals surface area contributed by atoms with Crippen molar-refractivity contribution in [3.8, 4) is 5.75 Å². The largest absolute Gasteiger partial charge is 0.507 e. The number of imide groups is 1. The number of aliphatic hydroxyl groups is 1. The Morgan fingerprint density at radius 3 is 2.03 bits per heavy atom. The molecule has 1 aromatic carbocycles. The quantitative estimate of drug-likeness (QED) is 0.124.